The number of para-hydroxylation sites is 1. The normalized spacial score (nSPS) is 10.2. The summed E-state index contributed by atoms with van der Waals surface area (Å²) in [5.41, 5.74) is 4.26. The van der Waals surface area contributed by atoms with Gasteiger partial charge in [-0.25, -0.2) is 0 Å². The SMILES string of the molecule is COc1c(OBO)cccc1-c1cccc(-c2ccccc2)c1. The van der Waals surface area contributed by atoms with Gasteiger partial charge in [0, 0.05) is 5.56 Å². The van der Waals surface area contributed by atoms with E-state index in [1.807, 2.05) is 42.5 Å². The van der Waals surface area contributed by atoms with Crippen LogP contribution in [0.4, 0.5) is 0 Å². The van der Waals surface area contributed by atoms with Crippen LogP contribution in [0.3, 0.4) is 0 Å². The Morgan fingerprint density at radius 2 is 1.48 bits per heavy atom. The van der Waals surface area contributed by atoms with Crippen molar-refractivity contribution in [2.75, 3.05) is 7.11 Å². The van der Waals surface area contributed by atoms with Crippen LogP contribution in [0.25, 0.3) is 22.3 Å². The highest BCUT2D eigenvalue weighted by molar-refractivity contribution is 6.17. The van der Waals surface area contributed by atoms with Gasteiger partial charge in [-0.1, -0.05) is 60.7 Å². The van der Waals surface area contributed by atoms with Crippen molar-refractivity contribution in [3.8, 4) is 33.8 Å². The average Bonchev–Trinajstić information content (AvgIpc) is 2.63. The van der Waals surface area contributed by atoms with Crippen molar-refractivity contribution in [3.05, 3.63) is 72.8 Å². The van der Waals surface area contributed by atoms with Gasteiger partial charge in [0.2, 0.25) is 0 Å². The number of rotatable bonds is 5. The molecule has 0 aliphatic carbocycles. The van der Waals surface area contributed by atoms with Gasteiger partial charge in [-0.3, -0.25) is 0 Å². The predicted molar refractivity (Wildman–Crippen MR) is 93.9 cm³/mol. The minimum absolute atomic E-state index is 0.385. The molecule has 4 heteroatoms. The summed E-state index contributed by atoms with van der Waals surface area (Å²) < 4.78 is 10.7. The topological polar surface area (TPSA) is 38.7 Å². The van der Waals surface area contributed by atoms with Crippen LogP contribution in [0.2, 0.25) is 0 Å². The molecule has 114 valence electrons. The fourth-order valence-electron chi connectivity index (χ4n) is 2.63. The van der Waals surface area contributed by atoms with E-state index in [1.54, 1.807) is 13.2 Å². The van der Waals surface area contributed by atoms with Crippen molar-refractivity contribution in [3.63, 3.8) is 0 Å². The van der Waals surface area contributed by atoms with Gasteiger partial charge in [-0.15, -0.1) is 0 Å². The van der Waals surface area contributed by atoms with Crippen LogP contribution in [0, 0.1) is 0 Å². The average molecular weight is 304 g/mol. The zero-order valence-corrected chi connectivity index (χ0v) is 12.9. The second-order valence-corrected chi connectivity index (χ2v) is 5.06. The maximum atomic E-state index is 9.02. The molecule has 0 heterocycles. The van der Waals surface area contributed by atoms with E-state index in [0.717, 1.165) is 22.3 Å². The molecule has 0 saturated heterocycles. The van der Waals surface area contributed by atoms with Crippen LogP contribution in [0.15, 0.2) is 72.8 Å². The number of hydrogen-bond acceptors (Lipinski definition) is 3. The molecule has 0 saturated carbocycles. The predicted octanol–water partition coefficient (Wildman–Crippen LogP) is 3.67. The lowest BCUT2D eigenvalue weighted by Gasteiger charge is -2.14. The summed E-state index contributed by atoms with van der Waals surface area (Å²) in [5, 5.41) is 9.02. The fourth-order valence-corrected chi connectivity index (χ4v) is 2.63. The molecular formula is C19H17BO3. The Bertz CT molecular complexity index is 788. The number of hydrogen-bond donors (Lipinski definition) is 1. The highest BCUT2D eigenvalue weighted by Crippen LogP contribution is 2.38. The van der Waals surface area contributed by atoms with Crippen molar-refractivity contribution in [1.82, 2.24) is 0 Å². The van der Waals surface area contributed by atoms with E-state index in [4.69, 9.17) is 14.4 Å². The van der Waals surface area contributed by atoms with Gasteiger partial charge in [0.15, 0.2) is 5.75 Å². The number of benzene rings is 3. The molecule has 0 fully saturated rings. The molecule has 3 rings (SSSR count). The first-order valence-corrected chi connectivity index (χ1v) is 7.40. The van der Waals surface area contributed by atoms with Crippen LogP contribution < -0.4 is 9.39 Å². The smallest absolute Gasteiger partial charge is 0.504 e. The molecule has 23 heavy (non-hydrogen) atoms. The molecule has 0 amide bonds. The summed E-state index contributed by atoms with van der Waals surface area (Å²) in [6.07, 6.45) is 0. The molecule has 0 aromatic heterocycles. The Morgan fingerprint density at radius 1 is 0.783 bits per heavy atom. The van der Waals surface area contributed by atoms with Gasteiger partial charge in [0.05, 0.1) is 7.11 Å². The lowest BCUT2D eigenvalue weighted by atomic mass is 9.98. The molecule has 0 bridgehead atoms. The maximum absolute atomic E-state index is 9.02. The van der Waals surface area contributed by atoms with Crippen molar-refractivity contribution in [1.29, 1.82) is 0 Å². The zero-order valence-electron chi connectivity index (χ0n) is 12.9. The third kappa shape index (κ3) is 3.22. The summed E-state index contributed by atoms with van der Waals surface area (Å²) in [7, 11) is 1.22. The standard InChI is InChI=1S/C19H17BO3/c1-22-19-17(11-6-12-18(19)23-20-21)16-10-5-9-15(13-16)14-7-3-2-4-8-14/h2-13,20-21H,1H3. The minimum atomic E-state index is -0.385. The van der Waals surface area contributed by atoms with Crippen molar-refractivity contribution in [2.24, 2.45) is 0 Å². The summed E-state index contributed by atoms with van der Waals surface area (Å²) >= 11 is 0. The second-order valence-electron chi connectivity index (χ2n) is 5.06. The quantitative estimate of drug-likeness (QED) is 0.731. The molecule has 0 aliphatic heterocycles. The molecule has 3 aromatic carbocycles. The largest absolute Gasteiger partial charge is 0.536 e. The molecule has 3 aromatic rings. The van der Waals surface area contributed by atoms with E-state index in [9.17, 15) is 0 Å². The zero-order chi connectivity index (χ0) is 16.1. The lowest BCUT2D eigenvalue weighted by Crippen LogP contribution is -2.02. The molecule has 0 aliphatic rings. The Balaban J connectivity index is 2.08. The van der Waals surface area contributed by atoms with Gasteiger partial charge < -0.3 is 14.4 Å². The van der Waals surface area contributed by atoms with E-state index in [0.29, 0.717) is 11.5 Å². The Labute approximate surface area is 136 Å². The third-order valence-corrected chi connectivity index (χ3v) is 3.68. The summed E-state index contributed by atoms with van der Waals surface area (Å²) in [6.45, 7) is 0. The number of methoxy groups -OCH3 is 1. The van der Waals surface area contributed by atoms with Crippen LogP contribution in [-0.2, 0) is 0 Å². The van der Waals surface area contributed by atoms with Crippen LogP contribution in [0.5, 0.6) is 11.5 Å². The Morgan fingerprint density at radius 3 is 2.22 bits per heavy atom. The van der Waals surface area contributed by atoms with Gasteiger partial charge in [-0.2, -0.15) is 0 Å². The first kappa shape index (κ1) is 15.2. The Hall–Kier alpha value is -2.72. The number of ether oxygens (including phenoxy) is 1. The van der Waals surface area contributed by atoms with Crippen LogP contribution in [0.1, 0.15) is 0 Å². The van der Waals surface area contributed by atoms with Crippen molar-refractivity contribution < 1.29 is 14.4 Å². The van der Waals surface area contributed by atoms with Crippen LogP contribution in [-0.4, -0.2) is 19.8 Å². The van der Waals surface area contributed by atoms with Crippen molar-refractivity contribution in [2.45, 2.75) is 0 Å². The fraction of sp³-hybridized carbons (Fsp3) is 0.0526. The Kier molecular flexibility index (Phi) is 4.64. The minimum Gasteiger partial charge on any atom is -0.536 e. The summed E-state index contributed by atoms with van der Waals surface area (Å²) in [6, 6.07) is 24.1. The monoisotopic (exact) mass is 304 g/mol. The molecule has 3 nitrogen and oxygen atoms in total. The van der Waals surface area contributed by atoms with Crippen LogP contribution >= 0.6 is 0 Å². The second kappa shape index (κ2) is 7.03. The van der Waals surface area contributed by atoms with E-state index in [2.05, 4.69) is 24.3 Å². The summed E-state index contributed by atoms with van der Waals surface area (Å²) in [4.78, 5) is 0. The molecule has 0 radical (unpaired) electrons. The van der Waals surface area contributed by atoms with E-state index in [-0.39, 0.29) is 7.69 Å². The van der Waals surface area contributed by atoms with E-state index in [1.165, 1.54) is 0 Å². The van der Waals surface area contributed by atoms with Gasteiger partial charge in [0.1, 0.15) is 5.75 Å². The third-order valence-electron chi connectivity index (χ3n) is 3.68. The lowest BCUT2D eigenvalue weighted by molar-refractivity contribution is 0.383. The summed E-state index contributed by atoms with van der Waals surface area (Å²) in [5.74, 6) is 1.14. The van der Waals surface area contributed by atoms with E-state index < -0.39 is 0 Å². The van der Waals surface area contributed by atoms with E-state index >= 15 is 0 Å². The molecule has 1 N–H and O–H groups in total. The highest BCUT2D eigenvalue weighted by Gasteiger charge is 2.12. The molecular weight excluding hydrogens is 287 g/mol. The molecule has 0 unspecified atom stereocenters. The maximum Gasteiger partial charge on any atom is 0.504 e. The van der Waals surface area contributed by atoms with Crippen molar-refractivity contribution >= 4 is 7.69 Å². The molecule has 0 spiro atoms. The van der Waals surface area contributed by atoms with Gasteiger partial charge in [-0.05, 0) is 28.8 Å². The highest BCUT2D eigenvalue weighted by atomic mass is 16.5. The first-order valence-electron chi connectivity index (χ1n) is 7.40. The first-order chi connectivity index (χ1) is 11.3. The molecule has 0 atom stereocenters. The van der Waals surface area contributed by atoms with Gasteiger partial charge in [0.25, 0.3) is 0 Å². The van der Waals surface area contributed by atoms with Gasteiger partial charge >= 0.3 is 7.69 Å².